The molecule has 3 N–H and O–H groups in total. The van der Waals surface area contributed by atoms with Crippen LogP contribution in [0.1, 0.15) is 23.6 Å². The van der Waals surface area contributed by atoms with Gasteiger partial charge in [0, 0.05) is 0 Å². The second-order valence-electron chi connectivity index (χ2n) is 6.32. The van der Waals surface area contributed by atoms with Crippen molar-refractivity contribution >= 4 is 40.6 Å². The molecule has 0 bridgehead atoms. The average Bonchev–Trinajstić information content (AvgIpc) is 2.67. The topological polar surface area (TPSA) is 112 Å². The number of nitrogens with one attached hydrogen (secondary N) is 1. The van der Waals surface area contributed by atoms with Crippen LogP contribution in [0.15, 0.2) is 35.4 Å². The minimum atomic E-state index is -0.579. The SMILES string of the molecule is CCOc1cc(/C=N\NC(=O)COc2c(C)cccc2C)cc(I)c1OCC(N)=O. The van der Waals surface area contributed by atoms with Gasteiger partial charge in [0.1, 0.15) is 5.75 Å². The van der Waals surface area contributed by atoms with Crippen molar-refractivity contribution in [1.29, 1.82) is 0 Å². The number of halogens is 1. The summed E-state index contributed by atoms with van der Waals surface area (Å²) < 4.78 is 17.3. The lowest BCUT2D eigenvalue weighted by atomic mass is 10.1. The molecule has 0 aliphatic heterocycles. The maximum atomic E-state index is 12.0. The quantitative estimate of drug-likeness (QED) is 0.282. The molecule has 0 saturated heterocycles. The molecule has 0 fully saturated rings. The molecular weight excluding hydrogens is 501 g/mol. The number of benzene rings is 2. The fourth-order valence-electron chi connectivity index (χ4n) is 2.58. The maximum Gasteiger partial charge on any atom is 0.277 e. The van der Waals surface area contributed by atoms with Crippen molar-refractivity contribution in [2.45, 2.75) is 20.8 Å². The van der Waals surface area contributed by atoms with Gasteiger partial charge in [-0.25, -0.2) is 5.43 Å². The molecule has 30 heavy (non-hydrogen) atoms. The van der Waals surface area contributed by atoms with Gasteiger partial charge in [-0.05, 0) is 72.2 Å². The zero-order chi connectivity index (χ0) is 22.1. The summed E-state index contributed by atoms with van der Waals surface area (Å²) in [6.07, 6.45) is 1.49. The number of hydrazone groups is 1. The van der Waals surface area contributed by atoms with Crippen molar-refractivity contribution in [2.75, 3.05) is 19.8 Å². The monoisotopic (exact) mass is 525 g/mol. The summed E-state index contributed by atoms with van der Waals surface area (Å²) in [7, 11) is 0. The van der Waals surface area contributed by atoms with E-state index in [2.05, 4.69) is 33.1 Å². The number of primary amides is 1. The van der Waals surface area contributed by atoms with Gasteiger partial charge >= 0.3 is 0 Å². The number of hydrogen-bond acceptors (Lipinski definition) is 6. The van der Waals surface area contributed by atoms with Crippen molar-refractivity contribution in [3.05, 3.63) is 50.6 Å². The fourth-order valence-corrected chi connectivity index (χ4v) is 3.37. The van der Waals surface area contributed by atoms with Gasteiger partial charge in [0.2, 0.25) is 0 Å². The van der Waals surface area contributed by atoms with E-state index in [9.17, 15) is 9.59 Å². The van der Waals surface area contributed by atoms with E-state index in [1.807, 2.05) is 39.0 Å². The number of para-hydroxylation sites is 1. The third-order valence-electron chi connectivity index (χ3n) is 3.85. The first-order valence-electron chi connectivity index (χ1n) is 9.20. The van der Waals surface area contributed by atoms with Crippen LogP contribution in [0, 0.1) is 17.4 Å². The van der Waals surface area contributed by atoms with E-state index in [-0.39, 0.29) is 19.1 Å². The molecule has 0 aromatic heterocycles. The molecule has 0 heterocycles. The minimum Gasteiger partial charge on any atom is -0.490 e. The van der Waals surface area contributed by atoms with E-state index in [0.717, 1.165) is 11.1 Å². The number of carbonyl (C=O) groups excluding carboxylic acids is 2. The van der Waals surface area contributed by atoms with Crippen LogP contribution in [0.25, 0.3) is 0 Å². The lowest BCUT2D eigenvalue weighted by Crippen LogP contribution is -2.25. The molecule has 0 aliphatic rings. The molecular formula is C21H24IN3O5. The highest BCUT2D eigenvalue weighted by Crippen LogP contribution is 2.33. The molecule has 0 unspecified atom stereocenters. The average molecular weight is 525 g/mol. The van der Waals surface area contributed by atoms with Crippen LogP contribution in [-0.4, -0.2) is 37.8 Å². The van der Waals surface area contributed by atoms with Crippen molar-refractivity contribution in [3.8, 4) is 17.2 Å². The number of carbonyl (C=O) groups is 2. The number of ether oxygens (including phenoxy) is 3. The van der Waals surface area contributed by atoms with E-state index >= 15 is 0 Å². The summed E-state index contributed by atoms with van der Waals surface area (Å²) >= 11 is 2.06. The van der Waals surface area contributed by atoms with E-state index in [1.54, 1.807) is 12.1 Å². The highest BCUT2D eigenvalue weighted by Gasteiger charge is 2.13. The van der Waals surface area contributed by atoms with Crippen LogP contribution >= 0.6 is 22.6 Å². The maximum absolute atomic E-state index is 12.0. The van der Waals surface area contributed by atoms with Gasteiger partial charge in [-0.1, -0.05) is 18.2 Å². The first-order valence-corrected chi connectivity index (χ1v) is 10.3. The normalized spacial score (nSPS) is 10.7. The zero-order valence-corrected chi connectivity index (χ0v) is 19.2. The molecule has 0 atom stereocenters. The Morgan fingerprint density at radius 3 is 2.40 bits per heavy atom. The Morgan fingerprint density at radius 1 is 1.10 bits per heavy atom. The molecule has 9 heteroatoms. The van der Waals surface area contributed by atoms with Gasteiger partial charge in [-0.3, -0.25) is 9.59 Å². The summed E-state index contributed by atoms with van der Waals surface area (Å²) in [5.41, 5.74) is 10.2. The van der Waals surface area contributed by atoms with Gasteiger partial charge in [0.15, 0.2) is 24.7 Å². The molecule has 0 saturated carbocycles. The minimum absolute atomic E-state index is 0.148. The largest absolute Gasteiger partial charge is 0.490 e. The highest BCUT2D eigenvalue weighted by atomic mass is 127. The third kappa shape index (κ3) is 6.90. The van der Waals surface area contributed by atoms with Gasteiger partial charge in [0.25, 0.3) is 11.8 Å². The summed E-state index contributed by atoms with van der Waals surface area (Å²) in [5, 5.41) is 3.97. The molecule has 2 amide bonds. The molecule has 2 rings (SSSR count). The van der Waals surface area contributed by atoms with Gasteiger partial charge in [-0.15, -0.1) is 0 Å². The number of rotatable bonds is 10. The Kier molecular flexibility index (Phi) is 8.90. The predicted octanol–water partition coefficient (Wildman–Crippen LogP) is 2.70. The number of nitrogens with two attached hydrogens (primary N) is 1. The van der Waals surface area contributed by atoms with E-state index in [0.29, 0.717) is 33.0 Å². The van der Waals surface area contributed by atoms with Crippen LogP contribution in [0.2, 0.25) is 0 Å². The van der Waals surface area contributed by atoms with Crippen molar-refractivity contribution < 1.29 is 23.8 Å². The summed E-state index contributed by atoms with van der Waals surface area (Å²) in [5.74, 6) is 0.620. The molecule has 8 nitrogen and oxygen atoms in total. The van der Waals surface area contributed by atoms with Crippen molar-refractivity contribution in [1.82, 2.24) is 5.43 Å². The third-order valence-corrected chi connectivity index (χ3v) is 4.65. The summed E-state index contributed by atoms with van der Waals surface area (Å²) in [6, 6.07) is 9.26. The summed E-state index contributed by atoms with van der Waals surface area (Å²) in [6.45, 7) is 5.70. The molecule has 0 aliphatic carbocycles. The van der Waals surface area contributed by atoms with Crippen molar-refractivity contribution in [2.24, 2.45) is 10.8 Å². The molecule has 0 spiro atoms. The van der Waals surface area contributed by atoms with Gasteiger partial charge < -0.3 is 19.9 Å². The van der Waals surface area contributed by atoms with E-state index in [4.69, 9.17) is 19.9 Å². The van der Waals surface area contributed by atoms with E-state index in [1.165, 1.54) is 6.21 Å². The standard InChI is InChI=1S/C21H24IN3O5/c1-4-28-17-9-15(8-16(22)21(17)29-11-18(23)26)10-24-25-19(27)12-30-20-13(2)6-5-7-14(20)3/h5-10H,4,11-12H2,1-3H3,(H2,23,26)(H,25,27)/b24-10-. The first kappa shape index (κ1) is 23.5. The smallest absolute Gasteiger partial charge is 0.277 e. The van der Waals surface area contributed by atoms with Crippen LogP contribution in [0.3, 0.4) is 0 Å². The lowest BCUT2D eigenvalue weighted by Gasteiger charge is -2.13. The first-order chi connectivity index (χ1) is 14.3. The Bertz CT molecular complexity index is 926. The Morgan fingerprint density at radius 2 is 1.77 bits per heavy atom. The number of amides is 2. The lowest BCUT2D eigenvalue weighted by molar-refractivity contribution is -0.123. The van der Waals surface area contributed by atoms with E-state index < -0.39 is 5.91 Å². The molecule has 2 aromatic carbocycles. The van der Waals surface area contributed by atoms with Crippen LogP contribution in [-0.2, 0) is 9.59 Å². The van der Waals surface area contributed by atoms with Gasteiger partial charge in [0.05, 0.1) is 16.4 Å². The zero-order valence-electron chi connectivity index (χ0n) is 17.0. The number of hydrogen-bond donors (Lipinski definition) is 2. The number of aryl methyl sites for hydroxylation is 2. The van der Waals surface area contributed by atoms with Crippen LogP contribution in [0.5, 0.6) is 17.2 Å². The molecule has 160 valence electrons. The van der Waals surface area contributed by atoms with Crippen LogP contribution < -0.4 is 25.4 Å². The highest BCUT2D eigenvalue weighted by molar-refractivity contribution is 14.1. The molecule has 2 aromatic rings. The second kappa shape index (κ2) is 11.4. The van der Waals surface area contributed by atoms with Crippen LogP contribution in [0.4, 0.5) is 0 Å². The Labute approximate surface area is 188 Å². The fraction of sp³-hybridized carbons (Fsp3) is 0.286. The molecule has 0 radical (unpaired) electrons. The summed E-state index contributed by atoms with van der Waals surface area (Å²) in [4.78, 5) is 23.0. The number of nitrogens with zero attached hydrogens (tertiary/aromatic N) is 1. The Balaban J connectivity index is 2.01. The second-order valence-corrected chi connectivity index (χ2v) is 7.48. The van der Waals surface area contributed by atoms with Gasteiger partial charge in [-0.2, -0.15) is 5.10 Å². The van der Waals surface area contributed by atoms with Crippen molar-refractivity contribution in [3.63, 3.8) is 0 Å². The Hall–Kier alpha value is -2.82. The predicted molar refractivity (Wildman–Crippen MR) is 122 cm³/mol.